The van der Waals surface area contributed by atoms with Gasteiger partial charge in [0.15, 0.2) is 0 Å². The highest BCUT2D eigenvalue weighted by Gasteiger charge is 2.33. The molecule has 7 nitrogen and oxygen atoms in total. The first-order chi connectivity index (χ1) is 11.9. The lowest BCUT2D eigenvalue weighted by Crippen LogP contribution is -2.43. The highest BCUT2D eigenvalue weighted by Crippen LogP contribution is 2.31. The molecule has 2 heterocycles. The standard InChI is InChI=1S/C16H22FN5O2Si/c1-25(2)7-5-21(6-8-25)15-4-3-12(9-14(15)17)22-11-13(10-19-20-18)24-16(22)23/h3-4,9,13H,5-8,10-11H2,1-2H3/t13-/m0/s1. The Morgan fingerprint density at radius 3 is 2.76 bits per heavy atom. The van der Waals surface area contributed by atoms with E-state index in [2.05, 4.69) is 28.0 Å². The van der Waals surface area contributed by atoms with Crippen LogP contribution in [-0.4, -0.2) is 46.5 Å². The van der Waals surface area contributed by atoms with Gasteiger partial charge in [-0.25, -0.2) is 9.18 Å². The summed E-state index contributed by atoms with van der Waals surface area (Å²) in [5.41, 5.74) is 9.40. The van der Waals surface area contributed by atoms with Crippen molar-refractivity contribution in [2.24, 2.45) is 5.11 Å². The van der Waals surface area contributed by atoms with Crippen LogP contribution in [0.1, 0.15) is 0 Å². The molecule has 3 rings (SSSR count). The van der Waals surface area contributed by atoms with E-state index in [9.17, 15) is 9.18 Å². The van der Waals surface area contributed by atoms with Crippen molar-refractivity contribution in [1.82, 2.24) is 0 Å². The highest BCUT2D eigenvalue weighted by molar-refractivity contribution is 6.77. The van der Waals surface area contributed by atoms with Crippen LogP contribution in [0.15, 0.2) is 23.3 Å². The van der Waals surface area contributed by atoms with Crippen molar-refractivity contribution in [3.8, 4) is 0 Å². The largest absolute Gasteiger partial charge is 0.444 e. The number of hydrogen-bond donors (Lipinski definition) is 0. The Morgan fingerprint density at radius 2 is 2.12 bits per heavy atom. The van der Waals surface area contributed by atoms with Gasteiger partial charge in [-0.05, 0) is 35.8 Å². The van der Waals surface area contributed by atoms with Crippen LogP contribution in [0.25, 0.3) is 10.4 Å². The minimum Gasteiger partial charge on any atom is -0.444 e. The zero-order valence-electron chi connectivity index (χ0n) is 14.5. The second-order valence-corrected chi connectivity index (χ2v) is 12.6. The third kappa shape index (κ3) is 3.88. The Morgan fingerprint density at radius 1 is 1.40 bits per heavy atom. The lowest BCUT2D eigenvalue weighted by atomic mass is 10.2. The van der Waals surface area contributed by atoms with Gasteiger partial charge in [-0.1, -0.05) is 18.2 Å². The number of carbonyl (C=O) groups is 1. The molecular formula is C16H22FN5O2Si. The summed E-state index contributed by atoms with van der Waals surface area (Å²) in [6, 6.07) is 7.18. The number of benzene rings is 1. The van der Waals surface area contributed by atoms with E-state index in [1.165, 1.54) is 11.0 Å². The summed E-state index contributed by atoms with van der Waals surface area (Å²) >= 11 is 0. The van der Waals surface area contributed by atoms with E-state index in [1.807, 2.05) is 0 Å². The van der Waals surface area contributed by atoms with E-state index in [-0.39, 0.29) is 18.9 Å². The highest BCUT2D eigenvalue weighted by atomic mass is 28.3. The monoisotopic (exact) mass is 363 g/mol. The van der Waals surface area contributed by atoms with Gasteiger partial charge in [0.2, 0.25) is 0 Å². The number of halogens is 1. The van der Waals surface area contributed by atoms with Crippen molar-refractivity contribution >= 4 is 25.5 Å². The lowest BCUT2D eigenvalue weighted by Gasteiger charge is -2.37. The fraction of sp³-hybridized carbons (Fsp3) is 0.562. The molecule has 25 heavy (non-hydrogen) atoms. The second kappa shape index (κ2) is 6.93. The first-order valence-corrected chi connectivity index (χ1v) is 11.8. The number of cyclic esters (lactones) is 1. The van der Waals surface area contributed by atoms with Gasteiger partial charge in [0.25, 0.3) is 0 Å². The molecule has 9 heteroatoms. The molecule has 0 spiro atoms. The van der Waals surface area contributed by atoms with Crippen molar-refractivity contribution in [3.05, 3.63) is 34.5 Å². The zero-order valence-corrected chi connectivity index (χ0v) is 15.5. The molecule has 1 atom stereocenters. The minimum atomic E-state index is -1.11. The summed E-state index contributed by atoms with van der Waals surface area (Å²) in [5.74, 6) is -0.329. The average Bonchev–Trinajstić information content (AvgIpc) is 2.94. The van der Waals surface area contributed by atoms with Crippen LogP contribution < -0.4 is 9.80 Å². The molecule has 1 aromatic carbocycles. The van der Waals surface area contributed by atoms with E-state index in [0.29, 0.717) is 11.4 Å². The van der Waals surface area contributed by atoms with Crippen LogP contribution in [0.5, 0.6) is 0 Å². The molecule has 0 saturated carbocycles. The van der Waals surface area contributed by atoms with Crippen molar-refractivity contribution in [2.45, 2.75) is 31.3 Å². The van der Waals surface area contributed by atoms with Gasteiger partial charge in [-0.2, -0.15) is 0 Å². The molecule has 0 unspecified atom stereocenters. The molecule has 1 amide bonds. The number of nitrogens with zero attached hydrogens (tertiary/aromatic N) is 5. The SMILES string of the molecule is C[Si]1(C)CCN(c2ccc(N3C[C@H](CN=[N+]=[N-])OC3=O)cc2F)CC1. The van der Waals surface area contributed by atoms with Crippen LogP contribution in [0.2, 0.25) is 25.2 Å². The predicted molar refractivity (Wildman–Crippen MR) is 97.3 cm³/mol. The summed E-state index contributed by atoms with van der Waals surface area (Å²) in [4.78, 5) is 18.1. The van der Waals surface area contributed by atoms with Gasteiger partial charge in [-0.3, -0.25) is 4.90 Å². The maximum Gasteiger partial charge on any atom is 0.414 e. The van der Waals surface area contributed by atoms with Crippen LogP contribution >= 0.6 is 0 Å². The van der Waals surface area contributed by atoms with E-state index < -0.39 is 20.3 Å². The van der Waals surface area contributed by atoms with Crippen molar-refractivity contribution in [2.75, 3.05) is 36.0 Å². The number of carbonyl (C=O) groups excluding carboxylic acids is 1. The molecule has 0 aliphatic carbocycles. The number of rotatable bonds is 4. The Balaban J connectivity index is 1.72. The number of amides is 1. The van der Waals surface area contributed by atoms with Crippen LogP contribution in [0.4, 0.5) is 20.6 Å². The number of hydrogen-bond acceptors (Lipinski definition) is 4. The fourth-order valence-electron chi connectivity index (χ4n) is 3.23. The molecule has 0 N–H and O–H groups in total. The van der Waals surface area contributed by atoms with E-state index in [1.54, 1.807) is 12.1 Å². The molecule has 0 bridgehead atoms. The summed E-state index contributed by atoms with van der Waals surface area (Å²) in [7, 11) is -1.11. The van der Waals surface area contributed by atoms with Gasteiger partial charge in [0.05, 0.1) is 32.5 Å². The summed E-state index contributed by atoms with van der Waals surface area (Å²) in [6.07, 6.45) is -1.04. The molecule has 2 aliphatic heterocycles. The molecule has 134 valence electrons. The Kier molecular flexibility index (Phi) is 4.87. The van der Waals surface area contributed by atoms with Gasteiger partial charge < -0.3 is 9.64 Å². The maximum absolute atomic E-state index is 14.6. The summed E-state index contributed by atoms with van der Waals surface area (Å²) in [5, 5.41) is 3.42. The Labute approximate surface area is 147 Å². The fourth-order valence-corrected chi connectivity index (χ4v) is 5.23. The van der Waals surface area contributed by atoms with Gasteiger partial charge in [0.1, 0.15) is 11.9 Å². The number of anilines is 2. The summed E-state index contributed by atoms with van der Waals surface area (Å²) in [6.45, 7) is 6.84. The quantitative estimate of drug-likeness (QED) is 0.351. The Hall–Kier alpha value is -2.25. The molecule has 2 fully saturated rings. The third-order valence-corrected chi connectivity index (χ3v) is 8.08. The second-order valence-electron chi connectivity index (χ2n) is 7.32. The summed E-state index contributed by atoms with van der Waals surface area (Å²) < 4.78 is 19.8. The van der Waals surface area contributed by atoms with Gasteiger partial charge >= 0.3 is 6.09 Å². The topological polar surface area (TPSA) is 81.5 Å². The van der Waals surface area contributed by atoms with Crippen molar-refractivity contribution < 1.29 is 13.9 Å². The molecule has 0 radical (unpaired) electrons. The Bertz CT molecular complexity index is 712. The minimum absolute atomic E-state index is 0.0761. The first-order valence-electron chi connectivity index (χ1n) is 8.43. The zero-order chi connectivity index (χ0) is 18.0. The van der Waals surface area contributed by atoms with E-state index in [0.717, 1.165) is 25.2 Å². The molecule has 0 aromatic heterocycles. The van der Waals surface area contributed by atoms with Crippen molar-refractivity contribution in [3.63, 3.8) is 0 Å². The predicted octanol–water partition coefficient (Wildman–Crippen LogP) is 3.99. The van der Waals surface area contributed by atoms with Gasteiger partial charge in [-0.15, -0.1) is 0 Å². The number of ether oxygens (including phenoxy) is 1. The number of azide groups is 1. The lowest BCUT2D eigenvalue weighted by molar-refractivity contribution is 0.145. The van der Waals surface area contributed by atoms with E-state index in [4.69, 9.17) is 10.3 Å². The van der Waals surface area contributed by atoms with Gasteiger partial charge in [0, 0.05) is 18.0 Å². The average molecular weight is 363 g/mol. The first kappa shape index (κ1) is 17.6. The molecule has 2 saturated heterocycles. The van der Waals surface area contributed by atoms with Crippen molar-refractivity contribution in [1.29, 1.82) is 0 Å². The maximum atomic E-state index is 14.6. The van der Waals surface area contributed by atoms with Crippen LogP contribution in [-0.2, 0) is 4.74 Å². The van der Waals surface area contributed by atoms with E-state index >= 15 is 0 Å². The molecule has 1 aromatic rings. The molecular weight excluding hydrogens is 341 g/mol. The normalized spacial score (nSPS) is 22.5. The molecule has 2 aliphatic rings. The van der Waals surface area contributed by atoms with Crippen LogP contribution in [0, 0.1) is 5.82 Å². The van der Waals surface area contributed by atoms with Crippen LogP contribution in [0.3, 0.4) is 0 Å². The third-order valence-electron chi connectivity index (χ3n) is 4.92. The smallest absolute Gasteiger partial charge is 0.414 e.